The van der Waals surface area contributed by atoms with Crippen LogP contribution in [0, 0.1) is 0 Å². The zero-order valence-corrected chi connectivity index (χ0v) is 8.10. The Morgan fingerprint density at radius 2 is 1.62 bits per heavy atom. The Labute approximate surface area is 85.5 Å². The van der Waals surface area contributed by atoms with E-state index in [4.69, 9.17) is 23.2 Å². The van der Waals surface area contributed by atoms with Crippen molar-refractivity contribution in [1.29, 1.82) is 0 Å². The first-order valence-electron chi connectivity index (χ1n) is 3.76. The van der Waals surface area contributed by atoms with Crippen LogP contribution in [-0.2, 0) is 0 Å². The standard InChI is InChI=1S/C10H6Cl2O/c11-8-5-9(13)6-3-1-2-4-7(6)10(8)12/h1-5,13H. The highest BCUT2D eigenvalue weighted by atomic mass is 35.5. The molecule has 0 aromatic heterocycles. The molecule has 2 aromatic rings. The van der Waals surface area contributed by atoms with Crippen LogP contribution in [0.5, 0.6) is 5.75 Å². The molecule has 0 fully saturated rings. The van der Waals surface area contributed by atoms with E-state index in [1.54, 1.807) is 6.07 Å². The molecule has 3 heteroatoms. The number of hydrogen-bond acceptors (Lipinski definition) is 1. The van der Waals surface area contributed by atoms with Gasteiger partial charge in [-0.2, -0.15) is 0 Å². The number of halogens is 2. The predicted octanol–water partition coefficient (Wildman–Crippen LogP) is 3.85. The number of hydrogen-bond donors (Lipinski definition) is 1. The molecule has 0 bridgehead atoms. The first-order chi connectivity index (χ1) is 6.20. The molecule has 1 nitrogen and oxygen atoms in total. The molecule has 0 saturated heterocycles. The number of benzene rings is 2. The quantitative estimate of drug-likeness (QED) is 0.704. The predicted molar refractivity (Wildman–Crippen MR) is 55.6 cm³/mol. The van der Waals surface area contributed by atoms with Crippen molar-refractivity contribution in [3.8, 4) is 5.75 Å². The maximum Gasteiger partial charge on any atom is 0.124 e. The number of fused-ring (bicyclic) bond motifs is 1. The van der Waals surface area contributed by atoms with E-state index >= 15 is 0 Å². The smallest absolute Gasteiger partial charge is 0.124 e. The van der Waals surface area contributed by atoms with E-state index in [1.807, 2.05) is 18.2 Å². The molecule has 66 valence electrons. The SMILES string of the molecule is Oc1cc(Cl)c(Cl)c2ccccc12. The van der Waals surface area contributed by atoms with Crippen molar-refractivity contribution in [1.82, 2.24) is 0 Å². The van der Waals surface area contributed by atoms with E-state index in [0.29, 0.717) is 10.0 Å². The van der Waals surface area contributed by atoms with Crippen LogP contribution in [0.3, 0.4) is 0 Å². The van der Waals surface area contributed by atoms with Crippen molar-refractivity contribution in [2.45, 2.75) is 0 Å². The molecule has 0 spiro atoms. The molecule has 0 saturated carbocycles. The molecular weight excluding hydrogens is 207 g/mol. The molecule has 0 aliphatic heterocycles. The normalized spacial score (nSPS) is 10.6. The summed E-state index contributed by atoms with van der Waals surface area (Å²) in [5.41, 5.74) is 0. The molecule has 0 aliphatic rings. The van der Waals surface area contributed by atoms with Crippen LogP contribution in [0.2, 0.25) is 10.0 Å². The minimum Gasteiger partial charge on any atom is -0.507 e. The number of phenols is 1. The Kier molecular flexibility index (Phi) is 2.06. The fourth-order valence-corrected chi connectivity index (χ4v) is 1.71. The summed E-state index contributed by atoms with van der Waals surface area (Å²) in [4.78, 5) is 0. The van der Waals surface area contributed by atoms with Gasteiger partial charge in [-0.25, -0.2) is 0 Å². The second-order valence-corrected chi connectivity index (χ2v) is 3.52. The van der Waals surface area contributed by atoms with Crippen LogP contribution in [0.15, 0.2) is 30.3 Å². The average Bonchev–Trinajstić information content (AvgIpc) is 2.15. The monoisotopic (exact) mass is 212 g/mol. The van der Waals surface area contributed by atoms with Crippen LogP contribution in [0.1, 0.15) is 0 Å². The number of phenolic OH excluding ortho intramolecular Hbond substituents is 1. The third kappa shape index (κ3) is 1.34. The summed E-state index contributed by atoms with van der Waals surface area (Å²) >= 11 is 11.8. The van der Waals surface area contributed by atoms with Gasteiger partial charge in [0.15, 0.2) is 0 Å². The minimum absolute atomic E-state index is 0.157. The maximum atomic E-state index is 9.53. The Morgan fingerprint density at radius 3 is 2.31 bits per heavy atom. The van der Waals surface area contributed by atoms with Gasteiger partial charge in [0.2, 0.25) is 0 Å². The van der Waals surface area contributed by atoms with Crippen molar-refractivity contribution in [3.05, 3.63) is 40.4 Å². The van der Waals surface area contributed by atoms with E-state index in [1.165, 1.54) is 6.07 Å². The minimum atomic E-state index is 0.157. The number of rotatable bonds is 0. The van der Waals surface area contributed by atoms with Gasteiger partial charge in [-0.05, 0) is 0 Å². The molecule has 0 radical (unpaired) electrons. The lowest BCUT2D eigenvalue weighted by molar-refractivity contribution is 0.481. The molecule has 2 rings (SSSR count). The molecular formula is C10H6Cl2O. The van der Waals surface area contributed by atoms with Gasteiger partial charge in [-0.3, -0.25) is 0 Å². The first-order valence-corrected chi connectivity index (χ1v) is 4.51. The molecule has 13 heavy (non-hydrogen) atoms. The molecule has 0 unspecified atom stereocenters. The van der Waals surface area contributed by atoms with E-state index < -0.39 is 0 Å². The summed E-state index contributed by atoms with van der Waals surface area (Å²) in [5.74, 6) is 0.157. The topological polar surface area (TPSA) is 20.2 Å². The van der Waals surface area contributed by atoms with Crippen molar-refractivity contribution in [3.63, 3.8) is 0 Å². The van der Waals surface area contributed by atoms with Gasteiger partial charge >= 0.3 is 0 Å². The van der Waals surface area contributed by atoms with Crippen molar-refractivity contribution < 1.29 is 5.11 Å². The Balaban J connectivity index is 2.97. The van der Waals surface area contributed by atoms with Crippen LogP contribution in [0.25, 0.3) is 10.8 Å². The summed E-state index contributed by atoms with van der Waals surface area (Å²) < 4.78 is 0. The average molecular weight is 213 g/mol. The molecule has 2 aromatic carbocycles. The fraction of sp³-hybridized carbons (Fsp3) is 0. The fourth-order valence-electron chi connectivity index (χ4n) is 1.29. The third-order valence-corrected chi connectivity index (χ3v) is 2.71. The van der Waals surface area contributed by atoms with E-state index in [9.17, 15) is 5.11 Å². The molecule has 0 amide bonds. The highest BCUT2D eigenvalue weighted by molar-refractivity contribution is 6.45. The lowest BCUT2D eigenvalue weighted by Gasteiger charge is -2.04. The lowest BCUT2D eigenvalue weighted by atomic mass is 10.1. The molecule has 0 heterocycles. The first kappa shape index (κ1) is 8.67. The second-order valence-electron chi connectivity index (χ2n) is 2.74. The zero-order chi connectivity index (χ0) is 9.42. The molecule has 0 aliphatic carbocycles. The highest BCUT2D eigenvalue weighted by Crippen LogP contribution is 2.36. The summed E-state index contributed by atoms with van der Waals surface area (Å²) in [6, 6.07) is 8.76. The zero-order valence-electron chi connectivity index (χ0n) is 6.59. The molecule has 0 atom stereocenters. The Bertz CT molecular complexity index is 466. The van der Waals surface area contributed by atoms with E-state index in [2.05, 4.69) is 0 Å². The summed E-state index contributed by atoms with van der Waals surface area (Å²) in [5, 5.41) is 11.9. The van der Waals surface area contributed by atoms with E-state index in [-0.39, 0.29) is 5.75 Å². The van der Waals surface area contributed by atoms with Gasteiger partial charge < -0.3 is 5.11 Å². The maximum absolute atomic E-state index is 9.53. The van der Waals surface area contributed by atoms with Gasteiger partial charge in [0, 0.05) is 16.8 Å². The van der Waals surface area contributed by atoms with Gasteiger partial charge in [-0.15, -0.1) is 0 Å². The number of aromatic hydroxyl groups is 1. The van der Waals surface area contributed by atoms with Crippen LogP contribution >= 0.6 is 23.2 Å². The Morgan fingerprint density at radius 1 is 1.00 bits per heavy atom. The van der Waals surface area contributed by atoms with Gasteiger partial charge in [0.1, 0.15) is 5.75 Å². The summed E-state index contributed by atoms with van der Waals surface area (Å²) in [6.45, 7) is 0. The van der Waals surface area contributed by atoms with Crippen LogP contribution in [-0.4, -0.2) is 5.11 Å². The van der Waals surface area contributed by atoms with Crippen molar-refractivity contribution >= 4 is 34.0 Å². The van der Waals surface area contributed by atoms with Crippen LogP contribution in [0.4, 0.5) is 0 Å². The summed E-state index contributed by atoms with van der Waals surface area (Å²) in [7, 11) is 0. The highest BCUT2D eigenvalue weighted by Gasteiger charge is 2.07. The van der Waals surface area contributed by atoms with Gasteiger partial charge in [-0.1, -0.05) is 47.5 Å². The van der Waals surface area contributed by atoms with Crippen molar-refractivity contribution in [2.75, 3.05) is 0 Å². The second kappa shape index (κ2) is 3.09. The van der Waals surface area contributed by atoms with Gasteiger partial charge in [0.05, 0.1) is 10.0 Å². The third-order valence-electron chi connectivity index (χ3n) is 1.91. The van der Waals surface area contributed by atoms with Crippen molar-refractivity contribution in [2.24, 2.45) is 0 Å². The van der Waals surface area contributed by atoms with Gasteiger partial charge in [0.25, 0.3) is 0 Å². The van der Waals surface area contributed by atoms with E-state index in [0.717, 1.165) is 10.8 Å². The van der Waals surface area contributed by atoms with Crippen LogP contribution < -0.4 is 0 Å². The lowest BCUT2D eigenvalue weighted by Crippen LogP contribution is -1.76. The molecule has 1 N–H and O–H groups in total. The Hall–Kier alpha value is -0.920. The largest absolute Gasteiger partial charge is 0.507 e. The summed E-state index contributed by atoms with van der Waals surface area (Å²) in [6.07, 6.45) is 0.